The van der Waals surface area contributed by atoms with Gasteiger partial charge in [0.15, 0.2) is 0 Å². The molecule has 1 N–H and O–H groups in total. The maximum absolute atomic E-state index is 11.7. The zero-order valence-corrected chi connectivity index (χ0v) is 11.6. The molecule has 0 spiro atoms. The molecule has 0 aliphatic carbocycles. The Morgan fingerprint density at radius 2 is 2.11 bits per heavy atom. The second-order valence-corrected chi connectivity index (χ2v) is 4.90. The van der Waals surface area contributed by atoms with Crippen LogP contribution in [0, 0.1) is 12.8 Å². The summed E-state index contributed by atoms with van der Waals surface area (Å²) in [5.74, 6) is 0.345. The maximum Gasteiger partial charge on any atom is 0.249 e. The molecule has 0 bridgehead atoms. The number of hydrogen-bond acceptors (Lipinski definition) is 3. The van der Waals surface area contributed by atoms with Crippen LogP contribution in [0.5, 0.6) is 0 Å². The van der Waals surface area contributed by atoms with Crippen molar-refractivity contribution in [1.29, 1.82) is 0 Å². The Morgan fingerprint density at radius 3 is 2.67 bits per heavy atom. The lowest BCUT2D eigenvalue weighted by Crippen LogP contribution is -2.34. The van der Waals surface area contributed by atoms with E-state index >= 15 is 0 Å². The van der Waals surface area contributed by atoms with E-state index in [1.165, 1.54) is 0 Å². The molecule has 1 aromatic rings. The number of amides is 1. The van der Waals surface area contributed by atoms with Crippen LogP contribution in [0.4, 0.5) is 0 Å². The summed E-state index contributed by atoms with van der Waals surface area (Å²) >= 11 is 0. The topological polar surface area (TPSA) is 51.2 Å². The predicted octanol–water partition coefficient (Wildman–Crippen LogP) is 2.07. The molecule has 1 atom stereocenters. The van der Waals surface area contributed by atoms with Crippen LogP contribution in [0.2, 0.25) is 0 Å². The molecular weight excluding hydrogens is 228 g/mol. The number of aryl methyl sites for hydroxylation is 1. The molecule has 4 nitrogen and oxygen atoms in total. The van der Waals surface area contributed by atoms with Crippen molar-refractivity contribution in [3.8, 4) is 0 Å². The van der Waals surface area contributed by atoms with Gasteiger partial charge in [-0.05, 0) is 31.4 Å². The number of pyridine rings is 1. The Labute approximate surface area is 109 Å². The van der Waals surface area contributed by atoms with E-state index in [2.05, 4.69) is 24.1 Å². The lowest BCUT2D eigenvalue weighted by atomic mass is 10.2. The SMILES string of the molecule is Cc1ccc(CNC(=O)C(C)OCC(C)C)cn1. The zero-order valence-electron chi connectivity index (χ0n) is 11.6. The molecular formula is C14H22N2O2. The number of nitrogens with zero attached hydrogens (tertiary/aromatic N) is 1. The summed E-state index contributed by atoms with van der Waals surface area (Å²) in [5.41, 5.74) is 1.96. The van der Waals surface area contributed by atoms with Gasteiger partial charge in [0.1, 0.15) is 6.10 Å². The highest BCUT2D eigenvalue weighted by Crippen LogP contribution is 2.01. The van der Waals surface area contributed by atoms with Crippen LogP contribution in [0.3, 0.4) is 0 Å². The number of hydrogen-bond donors (Lipinski definition) is 1. The van der Waals surface area contributed by atoms with Crippen molar-refractivity contribution in [2.24, 2.45) is 5.92 Å². The van der Waals surface area contributed by atoms with Gasteiger partial charge in [-0.25, -0.2) is 0 Å². The minimum Gasteiger partial charge on any atom is -0.368 e. The third-order valence-electron chi connectivity index (χ3n) is 2.49. The van der Waals surface area contributed by atoms with Crippen LogP contribution >= 0.6 is 0 Å². The first kappa shape index (κ1) is 14.6. The molecule has 0 aliphatic heterocycles. The van der Waals surface area contributed by atoms with Crippen LogP contribution in [-0.4, -0.2) is 23.6 Å². The van der Waals surface area contributed by atoms with Gasteiger partial charge >= 0.3 is 0 Å². The summed E-state index contributed by atoms with van der Waals surface area (Å²) in [7, 11) is 0. The Balaban J connectivity index is 2.34. The number of nitrogens with one attached hydrogen (secondary N) is 1. The summed E-state index contributed by atoms with van der Waals surface area (Å²) in [4.78, 5) is 15.9. The van der Waals surface area contributed by atoms with Crippen molar-refractivity contribution in [1.82, 2.24) is 10.3 Å². The largest absolute Gasteiger partial charge is 0.368 e. The molecule has 1 heterocycles. The highest BCUT2D eigenvalue weighted by molar-refractivity contribution is 5.80. The third kappa shape index (κ3) is 5.27. The van der Waals surface area contributed by atoms with Gasteiger partial charge in [0.05, 0.1) is 0 Å². The van der Waals surface area contributed by atoms with Crippen LogP contribution in [-0.2, 0) is 16.1 Å². The van der Waals surface area contributed by atoms with Crippen LogP contribution < -0.4 is 5.32 Å². The van der Waals surface area contributed by atoms with E-state index < -0.39 is 6.10 Å². The molecule has 0 fully saturated rings. The van der Waals surface area contributed by atoms with E-state index in [1.807, 2.05) is 19.1 Å². The molecule has 0 saturated heterocycles. The Morgan fingerprint density at radius 1 is 1.39 bits per heavy atom. The number of rotatable bonds is 6. The molecule has 0 aromatic carbocycles. The Hall–Kier alpha value is -1.42. The van der Waals surface area contributed by atoms with E-state index in [9.17, 15) is 4.79 Å². The normalized spacial score (nSPS) is 12.5. The average molecular weight is 250 g/mol. The molecule has 18 heavy (non-hydrogen) atoms. The molecule has 1 rings (SSSR count). The average Bonchev–Trinajstić information content (AvgIpc) is 2.34. The highest BCUT2D eigenvalue weighted by Gasteiger charge is 2.13. The Bertz CT molecular complexity index is 374. The molecule has 0 saturated carbocycles. The van der Waals surface area contributed by atoms with E-state index in [1.54, 1.807) is 13.1 Å². The molecule has 4 heteroatoms. The van der Waals surface area contributed by atoms with E-state index in [4.69, 9.17) is 4.74 Å². The molecule has 100 valence electrons. The lowest BCUT2D eigenvalue weighted by Gasteiger charge is -2.14. The maximum atomic E-state index is 11.7. The summed E-state index contributed by atoms with van der Waals surface area (Å²) in [5, 5.41) is 2.84. The fourth-order valence-corrected chi connectivity index (χ4v) is 1.35. The minimum atomic E-state index is -0.411. The summed E-state index contributed by atoms with van der Waals surface area (Å²) in [6.07, 6.45) is 1.36. The molecule has 1 aromatic heterocycles. The minimum absolute atomic E-state index is 0.0868. The van der Waals surface area contributed by atoms with Crippen molar-refractivity contribution >= 4 is 5.91 Å². The molecule has 0 aliphatic rings. The fourth-order valence-electron chi connectivity index (χ4n) is 1.35. The Kier molecular flexibility index (Phi) is 5.78. The number of aromatic nitrogens is 1. The van der Waals surface area contributed by atoms with E-state index in [0.29, 0.717) is 19.1 Å². The first-order chi connectivity index (χ1) is 8.49. The van der Waals surface area contributed by atoms with Crippen molar-refractivity contribution in [2.75, 3.05) is 6.61 Å². The lowest BCUT2D eigenvalue weighted by molar-refractivity contribution is -0.132. The van der Waals surface area contributed by atoms with Gasteiger partial charge in [0.2, 0.25) is 5.91 Å². The fraction of sp³-hybridized carbons (Fsp3) is 0.571. The second kappa shape index (κ2) is 7.11. The standard InChI is InChI=1S/C14H22N2O2/c1-10(2)9-18-12(4)14(17)16-8-13-6-5-11(3)15-7-13/h5-7,10,12H,8-9H2,1-4H3,(H,16,17). The third-order valence-corrected chi connectivity index (χ3v) is 2.49. The smallest absolute Gasteiger partial charge is 0.249 e. The van der Waals surface area contributed by atoms with E-state index in [-0.39, 0.29) is 5.91 Å². The van der Waals surface area contributed by atoms with Gasteiger partial charge in [0.25, 0.3) is 0 Å². The molecule has 0 radical (unpaired) electrons. The van der Waals surface area contributed by atoms with Gasteiger partial charge in [-0.15, -0.1) is 0 Å². The van der Waals surface area contributed by atoms with Crippen LogP contribution in [0.1, 0.15) is 32.0 Å². The van der Waals surface area contributed by atoms with Crippen LogP contribution in [0.15, 0.2) is 18.3 Å². The highest BCUT2D eigenvalue weighted by atomic mass is 16.5. The second-order valence-electron chi connectivity index (χ2n) is 4.90. The first-order valence-electron chi connectivity index (χ1n) is 6.30. The summed E-state index contributed by atoms with van der Waals surface area (Å²) in [6.45, 7) is 8.91. The van der Waals surface area contributed by atoms with Crippen molar-refractivity contribution in [3.63, 3.8) is 0 Å². The van der Waals surface area contributed by atoms with Gasteiger partial charge in [-0.1, -0.05) is 19.9 Å². The first-order valence-corrected chi connectivity index (χ1v) is 6.30. The number of carbonyl (C=O) groups is 1. The van der Waals surface area contributed by atoms with E-state index in [0.717, 1.165) is 11.3 Å². The van der Waals surface area contributed by atoms with Gasteiger partial charge in [-0.3, -0.25) is 9.78 Å². The summed E-state index contributed by atoms with van der Waals surface area (Å²) < 4.78 is 5.45. The predicted molar refractivity (Wildman–Crippen MR) is 71.1 cm³/mol. The van der Waals surface area contributed by atoms with Crippen LogP contribution in [0.25, 0.3) is 0 Å². The quantitative estimate of drug-likeness (QED) is 0.841. The zero-order chi connectivity index (χ0) is 13.5. The summed E-state index contributed by atoms with van der Waals surface area (Å²) in [6, 6.07) is 3.89. The van der Waals surface area contributed by atoms with Gasteiger partial charge < -0.3 is 10.1 Å². The van der Waals surface area contributed by atoms with Crippen molar-refractivity contribution in [3.05, 3.63) is 29.6 Å². The molecule has 1 unspecified atom stereocenters. The monoisotopic (exact) mass is 250 g/mol. The van der Waals surface area contributed by atoms with Crippen molar-refractivity contribution in [2.45, 2.75) is 40.3 Å². The van der Waals surface area contributed by atoms with Gasteiger partial charge in [-0.2, -0.15) is 0 Å². The number of carbonyl (C=O) groups excluding carboxylic acids is 1. The molecule has 1 amide bonds. The van der Waals surface area contributed by atoms with Gasteiger partial charge in [0, 0.05) is 25.0 Å². The van der Waals surface area contributed by atoms with Crippen molar-refractivity contribution < 1.29 is 9.53 Å². The number of ether oxygens (including phenoxy) is 1.